The van der Waals surface area contributed by atoms with Crippen LogP contribution in [-0.2, 0) is 5.75 Å². The number of likely N-dealkylation sites (tertiary alicyclic amines) is 1. The van der Waals surface area contributed by atoms with E-state index >= 15 is 0 Å². The van der Waals surface area contributed by atoms with Gasteiger partial charge in [-0.25, -0.2) is 0 Å². The molecule has 2 aliphatic heterocycles. The van der Waals surface area contributed by atoms with Crippen molar-refractivity contribution in [2.45, 2.75) is 17.9 Å². The van der Waals surface area contributed by atoms with E-state index in [9.17, 15) is 9.90 Å². The number of piperazine rings is 1. The molecule has 0 bridgehead atoms. The first-order valence-corrected chi connectivity index (χ1v) is 9.45. The van der Waals surface area contributed by atoms with Gasteiger partial charge in [-0.15, -0.1) is 0 Å². The lowest BCUT2D eigenvalue weighted by Gasteiger charge is -2.37. The summed E-state index contributed by atoms with van der Waals surface area (Å²) in [5, 5.41) is 10.4. The lowest BCUT2D eigenvalue weighted by Crippen LogP contribution is -2.52. The minimum Gasteiger partial charge on any atom is -0.455 e. The Labute approximate surface area is 141 Å². The van der Waals surface area contributed by atoms with Gasteiger partial charge in [-0.05, 0) is 25.4 Å². The topological polar surface area (TPSA) is 60.2 Å². The first kappa shape index (κ1) is 16.8. The normalized spacial score (nSPS) is 26.8. The van der Waals surface area contributed by atoms with Crippen molar-refractivity contribution < 1.29 is 14.3 Å². The lowest BCUT2D eigenvalue weighted by molar-refractivity contribution is 0.0512. The molecule has 0 spiro atoms. The van der Waals surface area contributed by atoms with Crippen LogP contribution in [0.25, 0.3) is 0 Å². The Kier molecular flexibility index (Phi) is 5.31. The Balaban J connectivity index is 1.62. The minimum atomic E-state index is -0.483. The van der Waals surface area contributed by atoms with E-state index in [0.29, 0.717) is 18.8 Å². The molecular formula is C16H25N3O3S. The molecule has 0 unspecified atom stereocenters. The van der Waals surface area contributed by atoms with Gasteiger partial charge in [-0.1, -0.05) is 0 Å². The fourth-order valence-electron chi connectivity index (χ4n) is 3.32. The second kappa shape index (κ2) is 7.25. The maximum Gasteiger partial charge on any atom is 0.289 e. The summed E-state index contributed by atoms with van der Waals surface area (Å²) >= 11 is 1.66. The largest absolute Gasteiger partial charge is 0.455 e. The molecule has 7 heteroatoms. The number of thioether (sulfide) groups is 1. The Bertz CT molecular complexity index is 542. The van der Waals surface area contributed by atoms with Gasteiger partial charge in [0.25, 0.3) is 5.91 Å². The highest BCUT2D eigenvalue weighted by Gasteiger charge is 2.39. The molecule has 3 heterocycles. The van der Waals surface area contributed by atoms with Crippen LogP contribution in [0.4, 0.5) is 0 Å². The van der Waals surface area contributed by atoms with Gasteiger partial charge in [-0.3, -0.25) is 9.69 Å². The fourth-order valence-corrected chi connectivity index (χ4v) is 3.76. The van der Waals surface area contributed by atoms with Gasteiger partial charge in [0.2, 0.25) is 0 Å². The first-order valence-electron chi connectivity index (χ1n) is 8.06. The first-order chi connectivity index (χ1) is 11.1. The van der Waals surface area contributed by atoms with Gasteiger partial charge in [-0.2, -0.15) is 11.8 Å². The maximum atomic E-state index is 12.6. The van der Waals surface area contributed by atoms with Gasteiger partial charge in [0.1, 0.15) is 5.76 Å². The summed E-state index contributed by atoms with van der Waals surface area (Å²) < 4.78 is 5.61. The summed E-state index contributed by atoms with van der Waals surface area (Å²) in [6, 6.07) is 3.63. The van der Waals surface area contributed by atoms with Crippen LogP contribution < -0.4 is 0 Å². The predicted molar refractivity (Wildman–Crippen MR) is 90.7 cm³/mol. The standard InChI is InChI=1S/C16H25N3O3S/c1-17-5-7-18(8-6-17)13-9-19(10-14(13)20)16(21)15-4-3-12(22-15)11-23-2/h3-4,13-14,20H,5-11H2,1-2H3/t13-,14-/m0/s1. The number of aliphatic hydroxyl groups excluding tert-OH is 1. The van der Waals surface area contributed by atoms with Crippen LogP contribution in [0.1, 0.15) is 16.3 Å². The second-order valence-corrected chi connectivity index (χ2v) is 7.25. The van der Waals surface area contributed by atoms with Crippen molar-refractivity contribution >= 4 is 17.7 Å². The monoisotopic (exact) mass is 339 g/mol. The van der Waals surface area contributed by atoms with Crippen LogP contribution in [0.2, 0.25) is 0 Å². The van der Waals surface area contributed by atoms with Crippen LogP contribution >= 0.6 is 11.8 Å². The number of rotatable bonds is 4. The van der Waals surface area contributed by atoms with E-state index in [1.807, 2.05) is 12.3 Å². The molecule has 1 aromatic rings. The van der Waals surface area contributed by atoms with Crippen LogP contribution in [0.5, 0.6) is 0 Å². The zero-order chi connectivity index (χ0) is 16.4. The van der Waals surface area contributed by atoms with Crippen molar-refractivity contribution in [1.82, 2.24) is 14.7 Å². The summed E-state index contributed by atoms with van der Waals surface area (Å²) in [6.07, 6.45) is 1.52. The van der Waals surface area contributed by atoms with Gasteiger partial charge in [0.05, 0.1) is 17.9 Å². The van der Waals surface area contributed by atoms with Gasteiger partial charge in [0, 0.05) is 39.3 Å². The maximum absolute atomic E-state index is 12.6. The molecule has 23 heavy (non-hydrogen) atoms. The lowest BCUT2D eigenvalue weighted by atomic mass is 10.1. The van der Waals surface area contributed by atoms with Crippen LogP contribution in [-0.4, -0.2) is 90.4 Å². The van der Waals surface area contributed by atoms with E-state index in [0.717, 1.165) is 37.7 Å². The van der Waals surface area contributed by atoms with Crippen molar-refractivity contribution in [2.75, 3.05) is 52.6 Å². The van der Waals surface area contributed by atoms with Crippen LogP contribution in [0.3, 0.4) is 0 Å². The number of hydrogen-bond donors (Lipinski definition) is 1. The molecule has 1 aromatic heterocycles. The van der Waals surface area contributed by atoms with Crippen molar-refractivity contribution in [3.63, 3.8) is 0 Å². The highest BCUT2D eigenvalue weighted by Crippen LogP contribution is 2.21. The van der Waals surface area contributed by atoms with E-state index in [2.05, 4.69) is 16.8 Å². The number of furan rings is 1. The molecule has 0 saturated carbocycles. The average molecular weight is 339 g/mol. The van der Waals surface area contributed by atoms with Gasteiger partial charge < -0.3 is 19.3 Å². The van der Waals surface area contributed by atoms with Crippen molar-refractivity contribution in [2.24, 2.45) is 0 Å². The van der Waals surface area contributed by atoms with Crippen molar-refractivity contribution in [3.8, 4) is 0 Å². The van der Waals surface area contributed by atoms with E-state index in [4.69, 9.17) is 4.42 Å². The van der Waals surface area contributed by atoms with Crippen LogP contribution in [0.15, 0.2) is 16.5 Å². The molecule has 0 aromatic carbocycles. The second-order valence-electron chi connectivity index (χ2n) is 6.38. The smallest absolute Gasteiger partial charge is 0.289 e. The summed E-state index contributed by atoms with van der Waals surface area (Å²) in [7, 11) is 2.11. The average Bonchev–Trinajstić information content (AvgIpc) is 3.15. The number of likely N-dealkylation sites (N-methyl/N-ethyl adjacent to an activating group) is 1. The van der Waals surface area contributed by atoms with Crippen LogP contribution in [0, 0.1) is 0 Å². The van der Waals surface area contributed by atoms with Gasteiger partial charge >= 0.3 is 0 Å². The number of amides is 1. The summed E-state index contributed by atoms with van der Waals surface area (Å²) in [6.45, 7) is 4.86. The van der Waals surface area contributed by atoms with E-state index in [-0.39, 0.29) is 11.9 Å². The summed E-state index contributed by atoms with van der Waals surface area (Å²) in [5.74, 6) is 1.84. The molecule has 1 N–H and O–H groups in total. The zero-order valence-electron chi connectivity index (χ0n) is 13.8. The molecule has 128 valence electrons. The highest BCUT2D eigenvalue weighted by molar-refractivity contribution is 7.97. The number of nitrogens with zero attached hydrogens (tertiary/aromatic N) is 3. The summed E-state index contributed by atoms with van der Waals surface area (Å²) in [4.78, 5) is 18.9. The van der Waals surface area contributed by atoms with E-state index in [1.54, 1.807) is 22.7 Å². The summed E-state index contributed by atoms with van der Waals surface area (Å²) in [5.41, 5.74) is 0. The molecule has 6 nitrogen and oxygen atoms in total. The predicted octanol–water partition coefficient (Wildman–Crippen LogP) is 0.575. The molecule has 1 amide bonds. The molecule has 3 rings (SSSR count). The minimum absolute atomic E-state index is 0.0354. The SMILES string of the molecule is CSCc1ccc(C(=O)N2C[C@H](O)[C@@H](N3CCN(C)CC3)C2)o1. The van der Waals surface area contributed by atoms with Crippen molar-refractivity contribution in [3.05, 3.63) is 23.7 Å². The third-order valence-electron chi connectivity index (χ3n) is 4.71. The number of aliphatic hydroxyl groups is 1. The molecule has 2 aliphatic rings. The van der Waals surface area contributed by atoms with E-state index in [1.165, 1.54) is 0 Å². The molecule has 2 atom stereocenters. The fraction of sp³-hybridized carbons (Fsp3) is 0.688. The third kappa shape index (κ3) is 3.74. The molecule has 2 saturated heterocycles. The van der Waals surface area contributed by atoms with Gasteiger partial charge in [0.15, 0.2) is 5.76 Å². The number of hydrogen-bond acceptors (Lipinski definition) is 6. The Hall–Kier alpha value is -1.02. The Morgan fingerprint density at radius 1 is 1.30 bits per heavy atom. The number of β-amino-alcohol motifs (C(OH)–C–C–N with tert-alkyl or cyclic N) is 1. The molecule has 0 aliphatic carbocycles. The molecule has 2 fully saturated rings. The Morgan fingerprint density at radius 2 is 2.04 bits per heavy atom. The Morgan fingerprint density at radius 3 is 2.74 bits per heavy atom. The third-order valence-corrected chi connectivity index (χ3v) is 5.29. The molecular weight excluding hydrogens is 314 g/mol. The number of carbonyl (C=O) groups excluding carboxylic acids is 1. The quantitative estimate of drug-likeness (QED) is 0.866. The highest BCUT2D eigenvalue weighted by atomic mass is 32.2. The molecule has 0 radical (unpaired) electrons. The van der Waals surface area contributed by atoms with E-state index < -0.39 is 6.10 Å². The van der Waals surface area contributed by atoms with Crippen molar-refractivity contribution in [1.29, 1.82) is 0 Å². The number of carbonyl (C=O) groups is 1. The zero-order valence-corrected chi connectivity index (χ0v) is 14.6.